The van der Waals surface area contributed by atoms with Gasteiger partial charge >= 0.3 is 0 Å². The van der Waals surface area contributed by atoms with Crippen LogP contribution in [0, 0.1) is 5.92 Å². The molecule has 3 aromatic rings. The van der Waals surface area contributed by atoms with Crippen LogP contribution >= 0.6 is 23.2 Å². The number of rotatable bonds is 8. The largest absolute Gasteiger partial charge is 0.365 e. The second-order valence-corrected chi connectivity index (χ2v) is 14.5. The molecule has 10 heteroatoms. The predicted octanol–water partition coefficient (Wildman–Crippen LogP) is 6.70. The van der Waals surface area contributed by atoms with Gasteiger partial charge in [0, 0.05) is 43.6 Å². The molecule has 2 aromatic carbocycles. The summed E-state index contributed by atoms with van der Waals surface area (Å²) < 4.78 is 18.7. The van der Waals surface area contributed by atoms with Gasteiger partial charge < -0.3 is 15.0 Å². The van der Waals surface area contributed by atoms with Crippen LogP contribution < -0.4 is 5.32 Å². The number of halogens is 2. The third-order valence-electron chi connectivity index (χ3n) is 7.14. The van der Waals surface area contributed by atoms with E-state index < -0.39 is 16.9 Å². The molecule has 4 atom stereocenters. The number of ether oxygens (including phenoxy) is 1. The number of benzene rings is 2. The van der Waals surface area contributed by atoms with Crippen LogP contribution in [0.2, 0.25) is 10.0 Å². The summed E-state index contributed by atoms with van der Waals surface area (Å²) in [6, 6.07) is 21.5. The summed E-state index contributed by atoms with van der Waals surface area (Å²) in [7, 11) is -1.13. The van der Waals surface area contributed by atoms with Crippen molar-refractivity contribution in [2.75, 3.05) is 17.7 Å². The van der Waals surface area contributed by atoms with Crippen LogP contribution in [0.25, 0.3) is 0 Å². The highest BCUT2D eigenvalue weighted by Crippen LogP contribution is 2.42. The van der Waals surface area contributed by atoms with E-state index in [9.17, 15) is 13.8 Å². The maximum Gasteiger partial charge on any atom is 0.253 e. The summed E-state index contributed by atoms with van der Waals surface area (Å²) in [6.07, 6.45) is 2.56. The Hall–Kier alpha value is -2.78. The zero-order valence-corrected chi connectivity index (χ0v) is 26.4. The third-order valence-corrected chi connectivity index (χ3v) is 9.65. The minimum absolute atomic E-state index is 0.112. The zero-order valence-electron chi connectivity index (χ0n) is 24.0. The number of hydrogen-bond acceptors (Lipinski definition) is 5. The number of amides is 2. The summed E-state index contributed by atoms with van der Waals surface area (Å²) in [5.41, 5.74) is 0.909. The molecular formula is C32H37Cl2N3O4S. The molecule has 2 aliphatic rings. The van der Waals surface area contributed by atoms with Crippen LogP contribution in [0.15, 0.2) is 79.0 Å². The fourth-order valence-electron chi connectivity index (χ4n) is 4.70. The van der Waals surface area contributed by atoms with E-state index in [0.29, 0.717) is 22.5 Å². The highest BCUT2D eigenvalue weighted by atomic mass is 35.5. The van der Waals surface area contributed by atoms with E-state index in [-0.39, 0.29) is 41.7 Å². The van der Waals surface area contributed by atoms with Crippen molar-refractivity contribution in [3.05, 3.63) is 94.6 Å². The van der Waals surface area contributed by atoms with Gasteiger partial charge in [-0.2, -0.15) is 0 Å². The normalized spacial score (nSPS) is 20.2. The van der Waals surface area contributed by atoms with Crippen molar-refractivity contribution < 1.29 is 18.5 Å². The Morgan fingerprint density at radius 2 is 1.67 bits per heavy atom. The van der Waals surface area contributed by atoms with Gasteiger partial charge in [-0.05, 0) is 81.5 Å². The molecule has 224 valence electrons. The lowest BCUT2D eigenvalue weighted by Crippen LogP contribution is -2.57. The van der Waals surface area contributed by atoms with Gasteiger partial charge in [0.15, 0.2) is 0 Å². The number of anilines is 1. The summed E-state index contributed by atoms with van der Waals surface area (Å²) in [6.45, 7) is 6.11. The first-order chi connectivity index (χ1) is 20.0. The Kier molecular flexibility index (Phi) is 11.2. The number of carbonyl (C=O) groups is 2. The quantitative estimate of drug-likeness (QED) is 0.300. The molecule has 1 aliphatic heterocycles. The van der Waals surface area contributed by atoms with Crippen LogP contribution in [-0.4, -0.2) is 55.2 Å². The molecule has 0 radical (unpaired) electrons. The van der Waals surface area contributed by atoms with Gasteiger partial charge in [0.1, 0.15) is 11.9 Å². The topological polar surface area (TPSA) is 88.6 Å². The first-order valence-corrected chi connectivity index (χ1v) is 16.1. The minimum Gasteiger partial charge on any atom is -0.365 e. The van der Waals surface area contributed by atoms with E-state index in [4.69, 9.17) is 27.9 Å². The maximum absolute atomic E-state index is 13.8. The molecule has 5 rings (SSSR count). The van der Waals surface area contributed by atoms with Crippen molar-refractivity contribution in [3.8, 4) is 0 Å². The summed E-state index contributed by atoms with van der Waals surface area (Å²) in [5.74, 6) is 0.536. The molecule has 0 bridgehead atoms. The molecule has 4 unspecified atom stereocenters. The SMILES string of the molecule is CC(C)(C)S(=O)CC(C1CC1)N1C(=O)C(CC(=O)Nc2ccccn2)OCC1c1ccc(Cl)cc1.Clc1ccccc1. The third kappa shape index (κ3) is 9.11. The fourth-order valence-corrected chi connectivity index (χ4v) is 6.22. The number of carbonyl (C=O) groups excluding carboxylic acids is 2. The summed E-state index contributed by atoms with van der Waals surface area (Å²) in [5, 5.41) is 4.13. The molecular weight excluding hydrogens is 593 g/mol. The molecule has 0 spiro atoms. The first-order valence-electron chi connectivity index (χ1n) is 14.0. The van der Waals surface area contributed by atoms with Crippen molar-refractivity contribution in [3.63, 3.8) is 0 Å². The minimum atomic E-state index is -1.13. The lowest BCUT2D eigenvalue weighted by Gasteiger charge is -2.44. The monoisotopic (exact) mass is 629 g/mol. The number of morpholine rings is 1. The molecule has 1 N–H and O–H groups in total. The van der Waals surface area contributed by atoms with Crippen LogP contribution in [0.5, 0.6) is 0 Å². The van der Waals surface area contributed by atoms with Gasteiger partial charge in [0.25, 0.3) is 5.91 Å². The summed E-state index contributed by atoms with van der Waals surface area (Å²) >= 11 is 11.6. The van der Waals surface area contributed by atoms with E-state index in [2.05, 4.69) is 10.3 Å². The Balaban J connectivity index is 0.000000507. The molecule has 2 amide bonds. The lowest BCUT2D eigenvalue weighted by atomic mass is 9.98. The Labute approximate surface area is 260 Å². The second kappa shape index (κ2) is 14.6. The van der Waals surface area contributed by atoms with Gasteiger partial charge in [-0.3, -0.25) is 13.8 Å². The van der Waals surface area contributed by atoms with Crippen LogP contribution in [0.3, 0.4) is 0 Å². The van der Waals surface area contributed by atoms with E-state index in [1.165, 1.54) is 0 Å². The molecule has 2 fully saturated rings. The Morgan fingerprint density at radius 3 is 2.21 bits per heavy atom. The molecule has 1 saturated heterocycles. The van der Waals surface area contributed by atoms with Gasteiger partial charge in [0.2, 0.25) is 5.91 Å². The van der Waals surface area contributed by atoms with Crippen molar-refractivity contribution >= 4 is 51.6 Å². The van der Waals surface area contributed by atoms with Gasteiger partial charge in [-0.1, -0.05) is 59.6 Å². The average Bonchev–Trinajstić information content (AvgIpc) is 3.80. The van der Waals surface area contributed by atoms with Crippen LogP contribution in [0.4, 0.5) is 5.82 Å². The highest BCUT2D eigenvalue weighted by Gasteiger charge is 2.47. The molecule has 1 saturated carbocycles. The Morgan fingerprint density at radius 1 is 1.02 bits per heavy atom. The average molecular weight is 631 g/mol. The lowest BCUT2D eigenvalue weighted by molar-refractivity contribution is -0.166. The molecule has 1 aliphatic carbocycles. The maximum atomic E-state index is 13.8. The molecule has 2 heterocycles. The molecule has 7 nitrogen and oxygen atoms in total. The van der Waals surface area contributed by atoms with Gasteiger partial charge in [-0.15, -0.1) is 0 Å². The highest BCUT2D eigenvalue weighted by molar-refractivity contribution is 7.86. The number of nitrogens with one attached hydrogen (secondary N) is 1. The van der Waals surface area contributed by atoms with Crippen LogP contribution in [0.1, 0.15) is 51.6 Å². The van der Waals surface area contributed by atoms with Gasteiger partial charge in [0.05, 0.1) is 19.1 Å². The second-order valence-electron chi connectivity index (χ2n) is 11.4. The Bertz CT molecular complexity index is 1350. The summed E-state index contributed by atoms with van der Waals surface area (Å²) in [4.78, 5) is 32.5. The van der Waals surface area contributed by atoms with E-state index in [1.807, 2.05) is 68.1 Å². The van der Waals surface area contributed by atoms with Crippen molar-refractivity contribution in [2.24, 2.45) is 5.92 Å². The van der Waals surface area contributed by atoms with Crippen molar-refractivity contribution in [1.82, 2.24) is 9.88 Å². The zero-order chi connectivity index (χ0) is 30.3. The van der Waals surface area contributed by atoms with E-state index >= 15 is 0 Å². The molecule has 1 aromatic heterocycles. The fraction of sp³-hybridized carbons (Fsp3) is 0.406. The number of hydrogen-bond donors (Lipinski definition) is 1. The van der Waals surface area contributed by atoms with Crippen molar-refractivity contribution in [2.45, 2.75) is 63.0 Å². The number of aromatic nitrogens is 1. The van der Waals surface area contributed by atoms with E-state index in [1.54, 1.807) is 36.5 Å². The smallest absolute Gasteiger partial charge is 0.253 e. The predicted molar refractivity (Wildman–Crippen MR) is 169 cm³/mol. The van der Waals surface area contributed by atoms with Crippen molar-refractivity contribution in [1.29, 1.82) is 0 Å². The van der Waals surface area contributed by atoms with Gasteiger partial charge in [-0.25, -0.2) is 4.98 Å². The standard InChI is InChI=1S/C26H32ClN3O4S.C6H5Cl/c1-26(2,3)35(33)16-21(18-7-8-18)30-20(17-9-11-19(27)12-10-17)15-34-22(25(30)32)14-24(31)29-23-6-4-5-13-28-23;7-6-4-2-1-3-5-6/h4-6,9-13,18,20-22H,7-8,14-16H2,1-3H3,(H,28,29,31);1-5H. The van der Waals surface area contributed by atoms with E-state index in [0.717, 1.165) is 23.4 Å². The van der Waals surface area contributed by atoms with Crippen LogP contribution in [-0.2, 0) is 25.1 Å². The number of nitrogens with zero attached hydrogens (tertiary/aromatic N) is 2. The number of pyridine rings is 1. The first kappa shape index (κ1) is 32.1. The molecule has 42 heavy (non-hydrogen) atoms.